The van der Waals surface area contributed by atoms with Crippen molar-refractivity contribution in [2.45, 2.75) is 22.9 Å². The molecule has 1 aromatic carbocycles. The lowest BCUT2D eigenvalue weighted by Gasteiger charge is -2.18. The maximum absolute atomic E-state index is 12.4. The van der Waals surface area contributed by atoms with Crippen LogP contribution in [0.2, 0.25) is 0 Å². The molecule has 0 heterocycles. The Kier molecular flexibility index (Phi) is 5.99. The Morgan fingerprint density at radius 2 is 1.86 bits per heavy atom. The van der Waals surface area contributed by atoms with Crippen LogP contribution in [-0.2, 0) is 14.6 Å². The van der Waals surface area contributed by atoms with Gasteiger partial charge in [0, 0.05) is 12.8 Å². The number of nitrogens with one attached hydrogen (secondary N) is 1. The maximum Gasteiger partial charge on any atom is 0.501 e. The van der Waals surface area contributed by atoms with Crippen molar-refractivity contribution in [2.24, 2.45) is 5.73 Å². The highest BCUT2D eigenvalue weighted by molar-refractivity contribution is 7.92. The normalized spacial score (nSPS) is 14.0. The van der Waals surface area contributed by atoms with Crippen LogP contribution in [0.1, 0.15) is 6.42 Å². The van der Waals surface area contributed by atoms with Gasteiger partial charge < -0.3 is 15.8 Å². The summed E-state index contributed by atoms with van der Waals surface area (Å²) in [6.07, 6.45) is 0.608. The summed E-state index contributed by atoms with van der Waals surface area (Å²) in [5, 5.41) is 3.02. The van der Waals surface area contributed by atoms with Crippen molar-refractivity contribution in [3.05, 3.63) is 24.3 Å². The first-order chi connectivity index (χ1) is 9.72. The van der Waals surface area contributed by atoms with E-state index >= 15 is 0 Å². The zero-order valence-electron chi connectivity index (χ0n) is 11.4. The number of sulfone groups is 1. The zero-order valence-corrected chi connectivity index (χ0v) is 12.2. The molecule has 0 radical (unpaired) electrons. The van der Waals surface area contributed by atoms with Gasteiger partial charge in [0.2, 0.25) is 0 Å². The number of benzene rings is 1. The first-order valence-corrected chi connectivity index (χ1v) is 7.57. The van der Waals surface area contributed by atoms with Crippen molar-refractivity contribution in [3.63, 3.8) is 0 Å². The van der Waals surface area contributed by atoms with Crippen LogP contribution < -0.4 is 11.1 Å². The Hall–Kier alpha value is -1.32. The molecule has 3 N–H and O–H groups in total. The highest BCUT2D eigenvalue weighted by Gasteiger charge is 2.46. The van der Waals surface area contributed by atoms with Crippen molar-refractivity contribution in [1.29, 1.82) is 0 Å². The van der Waals surface area contributed by atoms with Crippen molar-refractivity contribution >= 4 is 15.5 Å². The van der Waals surface area contributed by atoms with Gasteiger partial charge in [-0.3, -0.25) is 0 Å². The van der Waals surface area contributed by atoms with Gasteiger partial charge in [-0.25, -0.2) is 8.42 Å². The predicted molar refractivity (Wildman–Crippen MR) is 72.6 cm³/mol. The molecule has 1 unspecified atom stereocenters. The minimum atomic E-state index is -5.31. The first kappa shape index (κ1) is 17.7. The van der Waals surface area contributed by atoms with Gasteiger partial charge in [-0.15, -0.1) is 0 Å². The van der Waals surface area contributed by atoms with Gasteiger partial charge in [-0.2, -0.15) is 13.2 Å². The summed E-state index contributed by atoms with van der Waals surface area (Å²) >= 11 is 0. The van der Waals surface area contributed by atoms with Crippen molar-refractivity contribution in [1.82, 2.24) is 0 Å². The fourth-order valence-corrected chi connectivity index (χ4v) is 2.46. The van der Waals surface area contributed by atoms with E-state index in [0.717, 1.165) is 12.1 Å². The number of nitrogens with two attached hydrogens (primary N) is 1. The Labute approximate surface area is 121 Å². The summed E-state index contributed by atoms with van der Waals surface area (Å²) in [5.74, 6) is 0. The summed E-state index contributed by atoms with van der Waals surface area (Å²) in [5.41, 5.74) is 0.629. The van der Waals surface area contributed by atoms with Crippen LogP contribution in [0.4, 0.5) is 18.9 Å². The molecule has 0 amide bonds. The third-order valence-electron chi connectivity index (χ3n) is 2.72. The van der Waals surface area contributed by atoms with E-state index in [0.29, 0.717) is 25.3 Å². The van der Waals surface area contributed by atoms with E-state index in [4.69, 9.17) is 10.5 Å². The standard InChI is InChI=1S/C12H17F3N2O3S/c1-20-8-10(6-7-16)17-9-2-4-11(5-3-9)21(18,19)12(13,14)15/h2-5,10,17H,6-8,16H2,1H3. The van der Waals surface area contributed by atoms with Crippen molar-refractivity contribution in [2.75, 3.05) is 25.6 Å². The fourth-order valence-electron chi connectivity index (χ4n) is 1.70. The summed E-state index contributed by atoms with van der Waals surface area (Å²) in [6, 6.07) is 4.27. The molecule has 1 atom stereocenters. The third kappa shape index (κ3) is 4.58. The molecule has 1 rings (SSSR count). The zero-order chi connectivity index (χ0) is 16.1. The number of hydrogen-bond acceptors (Lipinski definition) is 5. The lowest BCUT2D eigenvalue weighted by atomic mass is 10.2. The Bertz CT molecular complexity index is 538. The van der Waals surface area contributed by atoms with Crippen LogP contribution >= 0.6 is 0 Å². The molecule has 0 fully saturated rings. The van der Waals surface area contributed by atoms with E-state index < -0.39 is 20.2 Å². The average Bonchev–Trinajstić information content (AvgIpc) is 2.38. The van der Waals surface area contributed by atoms with E-state index in [-0.39, 0.29) is 6.04 Å². The summed E-state index contributed by atoms with van der Waals surface area (Å²) in [6.45, 7) is 0.793. The number of ether oxygens (including phenoxy) is 1. The van der Waals surface area contributed by atoms with Crippen molar-refractivity contribution < 1.29 is 26.3 Å². The number of halogens is 3. The van der Waals surface area contributed by atoms with Gasteiger partial charge in [-0.05, 0) is 37.2 Å². The second-order valence-electron chi connectivity index (χ2n) is 4.35. The molecule has 120 valence electrons. The monoisotopic (exact) mass is 326 g/mol. The molecule has 0 aliphatic heterocycles. The van der Waals surface area contributed by atoms with Crippen LogP contribution in [0.15, 0.2) is 29.2 Å². The van der Waals surface area contributed by atoms with Crippen LogP contribution in [0, 0.1) is 0 Å². The molecule has 0 aliphatic rings. The summed E-state index contributed by atoms with van der Waals surface area (Å²) in [7, 11) is -3.80. The molecule has 0 spiro atoms. The fraction of sp³-hybridized carbons (Fsp3) is 0.500. The number of methoxy groups -OCH3 is 1. The summed E-state index contributed by atoms with van der Waals surface area (Å²) in [4.78, 5) is -0.789. The molecule has 21 heavy (non-hydrogen) atoms. The number of alkyl halides is 3. The van der Waals surface area contributed by atoms with Crippen LogP contribution in [0.3, 0.4) is 0 Å². The molecule has 0 saturated carbocycles. The molecule has 9 heteroatoms. The molecule has 0 saturated heterocycles. The van der Waals surface area contributed by atoms with Gasteiger partial charge in [0.1, 0.15) is 0 Å². The average molecular weight is 326 g/mol. The van der Waals surface area contributed by atoms with Gasteiger partial charge in [-0.1, -0.05) is 0 Å². The highest BCUT2D eigenvalue weighted by Crippen LogP contribution is 2.30. The smallest absolute Gasteiger partial charge is 0.383 e. The minimum absolute atomic E-state index is 0.106. The van der Waals surface area contributed by atoms with Gasteiger partial charge >= 0.3 is 5.51 Å². The van der Waals surface area contributed by atoms with E-state index in [9.17, 15) is 21.6 Å². The highest BCUT2D eigenvalue weighted by atomic mass is 32.2. The number of hydrogen-bond donors (Lipinski definition) is 2. The first-order valence-electron chi connectivity index (χ1n) is 6.09. The Morgan fingerprint density at radius 3 is 2.29 bits per heavy atom. The third-order valence-corrected chi connectivity index (χ3v) is 4.23. The second kappa shape index (κ2) is 7.10. The SMILES string of the molecule is COCC(CCN)Nc1ccc(S(=O)(=O)C(F)(F)F)cc1. The Balaban J connectivity index is 2.88. The topological polar surface area (TPSA) is 81.4 Å². The van der Waals surface area contributed by atoms with E-state index in [1.165, 1.54) is 19.2 Å². The van der Waals surface area contributed by atoms with E-state index in [1.807, 2.05) is 0 Å². The number of anilines is 1. The molecular weight excluding hydrogens is 309 g/mol. The second-order valence-corrected chi connectivity index (χ2v) is 6.29. The Morgan fingerprint density at radius 1 is 1.29 bits per heavy atom. The van der Waals surface area contributed by atoms with E-state index in [1.54, 1.807) is 0 Å². The number of rotatable bonds is 7. The molecule has 0 aromatic heterocycles. The minimum Gasteiger partial charge on any atom is -0.383 e. The molecule has 1 aromatic rings. The molecule has 5 nitrogen and oxygen atoms in total. The lowest BCUT2D eigenvalue weighted by molar-refractivity contribution is -0.0436. The maximum atomic E-state index is 12.4. The van der Waals surface area contributed by atoms with Crippen LogP contribution in [0.5, 0.6) is 0 Å². The molecular formula is C12H17F3N2O3S. The predicted octanol–water partition coefficient (Wildman–Crippen LogP) is 1.76. The largest absolute Gasteiger partial charge is 0.501 e. The lowest BCUT2D eigenvalue weighted by Crippen LogP contribution is -2.28. The van der Waals surface area contributed by atoms with Gasteiger partial charge in [0.05, 0.1) is 17.5 Å². The van der Waals surface area contributed by atoms with Gasteiger partial charge in [0.25, 0.3) is 9.84 Å². The molecule has 0 aliphatic carbocycles. The van der Waals surface area contributed by atoms with E-state index in [2.05, 4.69) is 5.32 Å². The van der Waals surface area contributed by atoms with Crippen LogP contribution in [0.25, 0.3) is 0 Å². The molecule has 0 bridgehead atoms. The van der Waals surface area contributed by atoms with Crippen LogP contribution in [-0.4, -0.2) is 40.2 Å². The summed E-state index contributed by atoms with van der Waals surface area (Å²) < 4.78 is 64.6. The van der Waals surface area contributed by atoms with Gasteiger partial charge in [0.15, 0.2) is 0 Å². The van der Waals surface area contributed by atoms with Crippen molar-refractivity contribution in [3.8, 4) is 0 Å². The quantitative estimate of drug-likeness (QED) is 0.798.